The van der Waals surface area contributed by atoms with Crippen molar-refractivity contribution in [1.29, 1.82) is 0 Å². The van der Waals surface area contributed by atoms with Gasteiger partial charge in [-0.05, 0) is 6.42 Å². The van der Waals surface area contributed by atoms with E-state index in [1.54, 1.807) is 0 Å². The molecule has 0 saturated heterocycles. The predicted molar refractivity (Wildman–Crippen MR) is 69.0 cm³/mol. The highest BCUT2D eigenvalue weighted by Gasteiger charge is 2.19. The van der Waals surface area contributed by atoms with Crippen LogP contribution < -0.4 is 0 Å². The number of carbonyl (C=O) groups excluding carboxylic acids is 1. The first-order chi connectivity index (χ1) is 8.10. The summed E-state index contributed by atoms with van der Waals surface area (Å²) in [5.74, 6) is 0.255. The van der Waals surface area contributed by atoms with E-state index >= 15 is 0 Å². The predicted octanol–water partition coefficient (Wildman–Crippen LogP) is 3.46. The number of methoxy groups -OCH3 is 1. The Balaban J connectivity index is 2.89. The molecule has 0 unspecified atom stereocenters. The fourth-order valence-corrected chi connectivity index (χ4v) is 2.60. The lowest BCUT2D eigenvalue weighted by Crippen LogP contribution is -2.06. The molecule has 0 aliphatic carbocycles. The minimum atomic E-state index is -0.634. The molecule has 0 saturated carbocycles. The van der Waals surface area contributed by atoms with Gasteiger partial charge in [-0.25, -0.2) is 14.8 Å². The fourth-order valence-electron chi connectivity index (χ4n) is 1.03. The summed E-state index contributed by atoms with van der Waals surface area (Å²) < 4.78 is 4.54. The van der Waals surface area contributed by atoms with Gasteiger partial charge in [0.25, 0.3) is 0 Å². The van der Waals surface area contributed by atoms with Crippen LogP contribution in [0.3, 0.4) is 0 Å². The van der Waals surface area contributed by atoms with Gasteiger partial charge in [-0.1, -0.05) is 48.3 Å². The molecule has 0 spiro atoms. The third-order valence-electron chi connectivity index (χ3n) is 1.92. The van der Waals surface area contributed by atoms with Crippen LogP contribution in [0.15, 0.2) is 5.16 Å². The summed E-state index contributed by atoms with van der Waals surface area (Å²) in [5.41, 5.74) is 0.00988. The topological polar surface area (TPSA) is 52.1 Å². The van der Waals surface area contributed by atoms with Crippen molar-refractivity contribution in [1.82, 2.24) is 9.97 Å². The second kappa shape index (κ2) is 7.03. The van der Waals surface area contributed by atoms with E-state index in [1.165, 1.54) is 18.9 Å². The number of hydrogen-bond acceptors (Lipinski definition) is 5. The summed E-state index contributed by atoms with van der Waals surface area (Å²) in [4.78, 5) is 19.4. The van der Waals surface area contributed by atoms with Crippen molar-refractivity contribution in [3.8, 4) is 0 Å². The number of aromatic nitrogens is 2. The molecule has 1 heterocycles. The van der Waals surface area contributed by atoms with Gasteiger partial charge in [-0.3, -0.25) is 0 Å². The van der Waals surface area contributed by atoms with Crippen molar-refractivity contribution in [3.63, 3.8) is 0 Å². The first-order valence-electron chi connectivity index (χ1n) is 5.04. The van der Waals surface area contributed by atoms with E-state index in [4.69, 9.17) is 23.2 Å². The Morgan fingerprint density at radius 2 is 1.94 bits per heavy atom. The molecule has 0 atom stereocenters. The van der Waals surface area contributed by atoms with Gasteiger partial charge in [0.05, 0.1) is 7.11 Å². The summed E-state index contributed by atoms with van der Waals surface area (Å²) in [5, 5.41) is 0.521. The average molecular weight is 295 g/mol. The molecule has 0 aliphatic rings. The van der Waals surface area contributed by atoms with Crippen molar-refractivity contribution >= 4 is 40.9 Å². The number of thioether (sulfide) groups is 1. The van der Waals surface area contributed by atoms with Crippen LogP contribution in [0, 0.1) is 0 Å². The highest BCUT2D eigenvalue weighted by molar-refractivity contribution is 7.99. The normalized spacial score (nSPS) is 10.4. The van der Waals surface area contributed by atoms with Crippen LogP contribution in [-0.2, 0) is 4.74 Å². The van der Waals surface area contributed by atoms with E-state index in [1.807, 2.05) is 0 Å². The molecule has 0 bridgehead atoms. The van der Waals surface area contributed by atoms with Crippen LogP contribution in [0.2, 0.25) is 10.3 Å². The summed E-state index contributed by atoms with van der Waals surface area (Å²) >= 11 is 13.2. The van der Waals surface area contributed by atoms with Gasteiger partial charge >= 0.3 is 5.97 Å². The standard InChI is InChI=1S/C10H12Cl2N2O2S/c1-3-4-5-17-10-13-7(11)6(8(12)14-10)9(15)16-2/h3-5H2,1-2H3. The average Bonchev–Trinajstić information content (AvgIpc) is 2.28. The van der Waals surface area contributed by atoms with Crippen molar-refractivity contribution in [2.75, 3.05) is 12.9 Å². The third kappa shape index (κ3) is 4.01. The number of unbranched alkanes of at least 4 members (excludes halogenated alkanes) is 1. The summed E-state index contributed by atoms with van der Waals surface area (Å²) in [6, 6.07) is 0. The SMILES string of the molecule is CCCCSc1nc(Cl)c(C(=O)OC)c(Cl)n1. The van der Waals surface area contributed by atoms with Gasteiger partial charge in [0.1, 0.15) is 15.9 Å². The Bertz CT molecular complexity index is 392. The van der Waals surface area contributed by atoms with Gasteiger partial charge in [0.2, 0.25) is 0 Å². The molecule has 1 rings (SSSR count). The van der Waals surface area contributed by atoms with E-state index in [0.717, 1.165) is 18.6 Å². The van der Waals surface area contributed by atoms with Gasteiger partial charge in [0, 0.05) is 5.75 Å². The molecular weight excluding hydrogens is 283 g/mol. The minimum Gasteiger partial charge on any atom is -0.465 e. The molecule has 1 aromatic heterocycles. The highest BCUT2D eigenvalue weighted by atomic mass is 35.5. The maximum atomic E-state index is 11.3. The van der Waals surface area contributed by atoms with Crippen LogP contribution in [0.1, 0.15) is 30.1 Å². The molecule has 1 aromatic rings. The molecule has 0 aliphatic heterocycles. The molecule has 0 amide bonds. The van der Waals surface area contributed by atoms with E-state index < -0.39 is 5.97 Å². The number of rotatable bonds is 5. The number of carbonyl (C=O) groups is 1. The van der Waals surface area contributed by atoms with Crippen molar-refractivity contribution in [2.24, 2.45) is 0 Å². The molecule has 0 N–H and O–H groups in total. The number of hydrogen-bond donors (Lipinski definition) is 0. The summed E-state index contributed by atoms with van der Waals surface area (Å²) in [6.45, 7) is 2.10. The summed E-state index contributed by atoms with van der Waals surface area (Å²) in [7, 11) is 1.25. The maximum Gasteiger partial charge on any atom is 0.344 e. The lowest BCUT2D eigenvalue weighted by Gasteiger charge is -2.05. The van der Waals surface area contributed by atoms with Crippen LogP contribution in [0.25, 0.3) is 0 Å². The maximum absolute atomic E-state index is 11.3. The zero-order chi connectivity index (χ0) is 12.8. The minimum absolute atomic E-state index is 0.00988. The van der Waals surface area contributed by atoms with Gasteiger partial charge in [-0.2, -0.15) is 0 Å². The molecule has 7 heteroatoms. The Morgan fingerprint density at radius 3 is 2.41 bits per heavy atom. The largest absolute Gasteiger partial charge is 0.465 e. The lowest BCUT2D eigenvalue weighted by atomic mass is 10.3. The number of ether oxygens (including phenoxy) is 1. The van der Waals surface area contributed by atoms with Crippen molar-refractivity contribution in [3.05, 3.63) is 15.9 Å². The Hall–Kier alpha value is -0.520. The highest BCUT2D eigenvalue weighted by Crippen LogP contribution is 2.26. The first kappa shape index (κ1) is 14.5. The first-order valence-corrected chi connectivity index (χ1v) is 6.78. The number of nitrogens with zero attached hydrogens (tertiary/aromatic N) is 2. The molecular formula is C10H12Cl2N2O2S. The second-order valence-electron chi connectivity index (χ2n) is 3.16. The van der Waals surface area contributed by atoms with Crippen molar-refractivity contribution < 1.29 is 9.53 Å². The van der Waals surface area contributed by atoms with Crippen molar-refractivity contribution in [2.45, 2.75) is 24.9 Å². The van der Waals surface area contributed by atoms with E-state index in [2.05, 4.69) is 21.6 Å². The quantitative estimate of drug-likeness (QED) is 0.274. The molecule has 94 valence electrons. The molecule has 0 fully saturated rings. The fraction of sp³-hybridized carbons (Fsp3) is 0.500. The monoisotopic (exact) mass is 294 g/mol. The van der Waals surface area contributed by atoms with E-state index in [9.17, 15) is 4.79 Å². The van der Waals surface area contributed by atoms with Gasteiger partial charge in [0.15, 0.2) is 5.16 Å². The van der Waals surface area contributed by atoms with Crippen LogP contribution in [0.5, 0.6) is 0 Å². The van der Waals surface area contributed by atoms with Crippen LogP contribution >= 0.6 is 35.0 Å². The van der Waals surface area contributed by atoms with Gasteiger partial charge in [-0.15, -0.1) is 0 Å². The number of halogens is 2. The van der Waals surface area contributed by atoms with Crippen LogP contribution in [0.4, 0.5) is 0 Å². The molecule has 0 aromatic carbocycles. The lowest BCUT2D eigenvalue weighted by molar-refractivity contribution is 0.0600. The second-order valence-corrected chi connectivity index (χ2v) is 4.93. The van der Waals surface area contributed by atoms with E-state index in [-0.39, 0.29) is 15.9 Å². The Morgan fingerprint density at radius 1 is 1.35 bits per heavy atom. The molecule has 17 heavy (non-hydrogen) atoms. The zero-order valence-corrected chi connectivity index (χ0v) is 11.8. The van der Waals surface area contributed by atoms with Crippen LogP contribution in [-0.4, -0.2) is 28.8 Å². The Labute approximate surface area is 114 Å². The van der Waals surface area contributed by atoms with E-state index in [0.29, 0.717) is 5.16 Å². The molecule has 0 radical (unpaired) electrons. The zero-order valence-electron chi connectivity index (χ0n) is 9.50. The smallest absolute Gasteiger partial charge is 0.344 e. The summed E-state index contributed by atoms with van der Waals surface area (Å²) in [6.07, 6.45) is 2.15. The number of esters is 1. The molecule has 4 nitrogen and oxygen atoms in total. The Kier molecular flexibility index (Phi) is 6.02. The third-order valence-corrected chi connectivity index (χ3v) is 3.40. The van der Waals surface area contributed by atoms with Gasteiger partial charge < -0.3 is 4.74 Å².